The van der Waals surface area contributed by atoms with E-state index in [0.29, 0.717) is 30.9 Å². The molecule has 7 heteroatoms. The summed E-state index contributed by atoms with van der Waals surface area (Å²) in [6.45, 7) is 0.708. The molecule has 0 bridgehead atoms. The molecule has 2 aliphatic rings. The zero-order valence-electron chi connectivity index (χ0n) is 15.4. The standard InChI is InChI=1S/C21H20N2O4S/c1-28-14-7-5-13(6-8-14)12-27-18-4-2-3-15-16(18)11-23(21(15)26)17-9-10-19(24)22-20(17)25/h2-8,17H,9-12H2,1H3,(H,22,24,25). The summed E-state index contributed by atoms with van der Waals surface area (Å²) in [5.74, 6) is -0.246. The van der Waals surface area contributed by atoms with Crippen molar-refractivity contribution in [3.8, 4) is 5.75 Å². The van der Waals surface area contributed by atoms with Crippen LogP contribution in [0.5, 0.6) is 5.75 Å². The van der Waals surface area contributed by atoms with Crippen molar-refractivity contribution in [3.63, 3.8) is 0 Å². The fraction of sp³-hybridized carbons (Fsp3) is 0.286. The highest BCUT2D eigenvalue weighted by atomic mass is 32.2. The lowest BCUT2D eigenvalue weighted by Gasteiger charge is -2.29. The van der Waals surface area contributed by atoms with E-state index in [1.165, 1.54) is 9.80 Å². The van der Waals surface area contributed by atoms with Crippen molar-refractivity contribution in [1.82, 2.24) is 10.2 Å². The largest absolute Gasteiger partial charge is 0.489 e. The van der Waals surface area contributed by atoms with Gasteiger partial charge in [0.1, 0.15) is 18.4 Å². The third-order valence-electron chi connectivity index (χ3n) is 5.09. The molecule has 0 aromatic heterocycles. The molecule has 2 heterocycles. The summed E-state index contributed by atoms with van der Waals surface area (Å²) in [6.07, 6.45) is 2.62. The first-order valence-electron chi connectivity index (χ1n) is 9.09. The van der Waals surface area contributed by atoms with E-state index in [2.05, 4.69) is 5.32 Å². The average molecular weight is 396 g/mol. The number of carbonyl (C=O) groups excluding carboxylic acids is 3. The van der Waals surface area contributed by atoms with Crippen molar-refractivity contribution in [2.75, 3.05) is 6.26 Å². The van der Waals surface area contributed by atoms with E-state index in [0.717, 1.165) is 11.1 Å². The molecule has 1 saturated heterocycles. The van der Waals surface area contributed by atoms with Gasteiger partial charge in [0, 0.05) is 22.4 Å². The number of benzene rings is 2. The van der Waals surface area contributed by atoms with Crippen molar-refractivity contribution >= 4 is 29.5 Å². The van der Waals surface area contributed by atoms with Crippen LogP contribution < -0.4 is 10.1 Å². The second-order valence-corrected chi connectivity index (χ2v) is 7.70. The number of carbonyl (C=O) groups is 3. The average Bonchev–Trinajstić information content (AvgIpc) is 3.04. The molecule has 4 rings (SSSR count). The Labute approximate surface area is 167 Å². The normalized spacial score (nSPS) is 18.8. The van der Waals surface area contributed by atoms with Crippen LogP contribution in [0.25, 0.3) is 0 Å². The van der Waals surface area contributed by atoms with Crippen LogP contribution in [-0.4, -0.2) is 34.9 Å². The molecule has 1 atom stereocenters. The third kappa shape index (κ3) is 3.49. The van der Waals surface area contributed by atoms with Crippen LogP contribution in [-0.2, 0) is 22.7 Å². The van der Waals surface area contributed by atoms with Gasteiger partial charge >= 0.3 is 0 Å². The van der Waals surface area contributed by atoms with Crippen molar-refractivity contribution < 1.29 is 19.1 Å². The van der Waals surface area contributed by atoms with Gasteiger partial charge in [-0.25, -0.2) is 0 Å². The fourth-order valence-electron chi connectivity index (χ4n) is 3.58. The minimum atomic E-state index is -0.621. The lowest BCUT2D eigenvalue weighted by Crippen LogP contribution is -2.52. The highest BCUT2D eigenvalue weighted by Gasteiger charge is 2.40. The minimum absolute atomic E-state index is 0.195. The highest BCUT2D eigenvalue weighted by Crippen LogP contribution is 2.34. The Morgan fingerprint density at radius 2 is 1.93 bits per heavy atom. The van der Waals surface area contributed by atoms with Gasteiger partial charge in [0.15, 0.2) is 0 Å². The SMILES string of the molecule is CSc1ccc(COc2cccc3c2CN(C2CCC(=O)NC2=O)C3=O)cc1. The van der Waals surface area contributed by atoms with E-state index in [1.807, 2.05) is 36.6 Å². The number of rotatable bonds is 5. The van der Waals surface area contributed by atoms with Crippen molar-refractivity contribution in [2.45, 2.75) is 36.9 Å². The molecule has 1 N–H and O–H groups in total. The molecule has 2 aliphatic heterocycles. The summed E-state index contributed by atoms with van der Waals surface area (Å²) < 4.78 is 6.00. The number of nitrogens with zero attached hydrogens (tertiary/aromatic N) is 1. The highest BCUT2D eigenvalue weighted by molar-refractivity contribution is 7.98. The van der Waals surface area contributed by atoms with E-state index >= 15 is 0 Å². The van der Waals surface area contributed by atoms with Crippen LogP contribution in [0.3, 0.4) is 0 Å². The first-order chi connectivity index (χ1) is 13.6. The Hall–Kier alpha value is -2.80. The Balaban J connectivity index is 1.50. The Morgan fingerprint density at radius 3 is 2.64 bits per heavy atom. The second-order valence-electron chi connectivity index (χ2n) is 6.82. The summed E-state index contributed by atoms with van der Waals surface area (Å²) >= 11 is 1.68. The topological polar surface area (TPSA) is 75.7 Å². The smallest absolute Gasteiger partial charge is 0.255 e. The number of thioether (sulfide) groups is 1. The Morgan fingerprint density at radius 1 is 1.14 bits per heavy atom. The van der Waals surface area contributed by atoms with Crippen molar-refractivity contribution in [1.29, 1.82) is 0 Å². The van der Waals surface area contributed by atoms with Gasteiger partial charge in [0.05, 0.1) is 6.54 Å². The number of hydrogen-bond acceptors (Lipinski definition) is 5. The molecular formula is C21H20N2O4S. The summed E-state index contributed by atoms with van der Waals surface area (Å²) in [5, 5.41) is 2.32. The van der Waals surface area contributed by atoms with Crippen LogP contribution in [0.4, 0.5) is 0 Å². The van der Waals surface area contributed by atoms with Crippen molar-refractivity contribution in [3.05, 3.63) is 59.2 Å². The number of piperidine rings is 1. The van der Waals surface area contributed by atoms with Gasteiger partial charge in [-0.05, 0) is 42.5 Å². The number of amides is 3. The van der Waals surface area contributed by atoms with Crippen molar-refractivity contribution in [2.24, 2.45) is 0 Å². The maximum atomic E-state index is 12.8. The summed E-state index contributed by atoms with van der Waals surface area (Å²) in [6, 6.07) is 12.9. The van der Waals surface area contributed by atoms with Crippen LogP contribution in [0, 0.1) is 0 Å². The van der Waals surface area contributed by atoms with E-state index in [4.69, 9.17) is 4.74 Å². The minimum Gasteiger partial charge on any atom is -0.489 e. The number of fused-ring (bicyclic) bond motifs is 1. The van der Waals surface area contributed by atoms with Gasteiger partial charge in [-0.3, -0.25) is 19.7 Å². The Bertz CT molecular complexity index is 942. The monoisotopic (exact) mass is 396 g/mol. The van der Waals surface area contributed by atoms with Crippen LogP contribution in [0.2, 0.25) is 0 Å². The summed E-state index contributed by atoms with van der Waals surface area (Å²) in [7, 11) is 0. The molecule has 1 unspecified atom stereocenters. The molecular weight excluding hydrogens is 376 g/mol. The van der Waals surface area contributed by atoms with Gasteiger partial charge < -0.3 is 9.64 Å². The molecule has 0 spiro atoms. The van der Waals surface area contributed by atoms with E-state index in [1.54, 1.807) is 23.9 Å². The fourth-order valence-corrected chi connectivity index (χ4v) is 3.98. The maximum absolute atomic E-state index is 12.8. The molecule has 0 aliphatic carbocycles. The van der Waals surface area contributed by atoms with Crippen LogP contribution in [0.1, 0.15) is 34.3 Å². The van der Waals surface area contributed by atoms with E-state index < -0.39 is 11.9 Å². The molecule has 0 saturated carbocycles. The molecule has 0 radical (unpaired) electrons. The Kier molecular flexibility index (Phi) is 5.09. The third-order valence-corrected chi connectivity index (χ3v) is 5.84. The molecule has 6 nitrogen and oxygen atoms in total. The summed E-state index contributed by atoms with van der Waals surface area (Å²) in [4.78, 5) is 39.1. The van der Waals surface area contributed by atoms with Crippen LogP contribution in [0.15, 0.2) is 47.4 Å². The predicted octanol–water partition coefficient (Wildman–Crippen LogP) is 2.75. The predicted molar refractivity (Wildman–Crippen MR) is 105 cm³/mol. The lowest BCUT2D eigenvalue weighted by molar-refractivity contribution is -0.136. The van der Waals surface area contributed by atoms with Gasteiger partial charge in [0.25, 0.3) is 5.91 Å². The number of imide groups is 1. The zero-order chi connectivity index (χ0) is 19.7. The number of hydrogen-bond donors (Lipinski definition) is 1. The molecule has 2 aromatic carbocycles. The van der Waals surface area contributed by atoms with Crippen LogP contribution >= 0.6 is 11.8 Å². The van der Waals surface area contributed by atoms with Gasteiger partial charge in [-0.1, -0.05) is 18.2 Å². The second kappa shape index (κ2) is 7.67. The first kappa shape index (κ1) is 18.6. The van der Waals surface area contributed by atoms with Gasteiger partial charge in [0.2, 0.25) is 11.8 Å². The number of ether oxygens (including phenoxy) is 1. The molecule has 144 valence electrons. The first-order valence-corrected chi connectivity index (χ1v) is 10.3. The lowest BCUT2D eigenvalue weighted by atomic mass is 10.0. The van der Waals surface area contributed by atoms with E-state index in [9.17, 15) is 14.4 Å². The van der Waals surface area contributed by atoms with Gasteiger partial charge in [-0.2, -0.15) is 0 Å². The number of nitrogens with one attached hydrogen (secondary N) is 1. The van der Waals surface area contributed by atoms with Gasteiger partial charge in [-0.15, -0.1) is 11.8 Å². The molecule has 1 fully saturated rings. The molecule has 2 aromatic rings. The molecule has 3 amide bonds. The zero-order valence-corrected chi connectivity index (χ0v) is 16.3. The maximum Gasteiger partial charge on any atom is 0.255 e. The quantitative estimate of drug-likeness (QED) is 0.621. The van der Waals surface area contributed by atoms with E-state index in [-0.39, 0.29) is 18.2 Å². The molecule has 28 heavy (non-hydrogen) atoms. The summed E-state index contributed by atoms with van der Waals surface area (Å²) in [5.41, 5.74) is 2.39.